The summed E-state index contributed by atoms with van der Waals surface area (Å²) < 4.78 is 5.53. The van der Waals surface area contributed by atoms with E-state index in [2.05, 4.69) is 11.5 Å². The maximum atomic E-state index is 13.7. The van der Waals surface area contributed by atoms with E-state index in [-0.39, 0.29) is 25.2 Å². The van der Waals surface area contributed by atoms with Gasteiger partial charge in [-0.05, 0) is 44.1 Å². The summed E-state index contributed by atoms with van der Waals surface area (Å²) in [5.41, 5.74) is -2.57. The van der Waals surface area contributed by atoms with E-state index in [0.29, 0.717) is 32.6 Å². The lowest BCUT2D eigenvalue weighted by Crippen LogP contribution is -2.78. The van der Waals surface area contributed by atoms with Crippen molar-refractivity contribution < 1.29 is 39.3 Å². The summed E-state index contributed by atoms with van der Waals surface area (Å²) in [4.78, 5) is 47.4. The van der Waals surface area contributed by atoms with Crippen LogP contribution in [0.1, 0.15) is 60.3 Å². The molecule has 0 spiro atoms. The second kappa shape index (κ2) is 10.7. The van der Waals surface area contributed by atoms with Crippen LogP contribution >= 0.6 is 0 Å². The molecule has 1 saturated heterocycles. The van der Waals surface area contributed by atoms with Gasteiger partial charge in [-0.3, -0.25) is 4.79 Å². The molecule has 38 heavy (non-hydrogen) atoms. The molecule has 0 aromatic rings. The van der Waals surface area contributed by atoms with Crippen LogP contribution in [-0.4, -0.2) is 93.8 Å². The minimum Gasteiger partial charge on any atom is -0.414 e. The second-order valence-electron chi connectivity index (χ2n) is 12.4. The zero-order chi connectivity index (χ0) is 28.7. The first kappa shape index (κ1) is 30.3. The van der Waals surface area contributed by atoms with Crippen molar-refractivity contribution in [3.8, 4) is 0 Å². The molecular weight excluding hydrogens is 494 g/mol. The van der Waals surface area contributed by atoms with E-state index in [1.807, 2.05) is 26.4 Å². The topological polar surface area (TPSA) is 149 Å². The van der Waals surface area contributed by atoms with E-state index >= 15 is 0 Å². The van der Waals surface area contributed by atoms with Crippen LogP contribution in [0.25, 0.3) is 0 Å². The predicted octanol–water partition coefficient (Wildman–Crippen LogP) is 2.06. The first-order valence-electron chi connectivity index (χ1n) is 13.5. The van der Waals surface area contributed by atoms with Crippen LogP contribution in [-0.2, 0) is 14.4 Å². The van der Waals surface area contributed by atoms with Gasteiger partial charge in [-0.15, -0.1) is 12.1 Å². The molecule has 3 aliphatic rings. The van der Waals surface area contributed by atoms with Gasteiger partial charge in [0.2, 0.25) is 5.79 Å². The number of amides is 2. The number of allylic oxidation sites excluding steroid dienone is 1. The van der Waals surface area contributed by atoms with Crippen LogP contribution in [0.5, 0.6) is 0 Å². The molecule has 11 heteroatoms. The highest BCUT2D eigenvalue weighted by Crippen LogP contribution is 2.66. The van der Waals surface area contributed by atoms with Gasteiger partial charge in [0, 0.05) is 44.9 Å². The van der Waals surface area contributed by atoms with Crippen LogP contribution in [0.15, 0.2) is 12.7 Å². The zero-order valence-electron chi connectivity index (χ0n) is 23.5. The smallest absolute Gasteiger partial charge is 0.414 e. The Labute approximate surface area is 225 Å². The van der Waals surface area contributed by atoms with Crippen molar-refractivity contribution in [1.29, 1.82) is 0 Å². The molecule has 2 aliphatic carbocycles. The number of aliphatic hydroxyl groups is 3. The summed E-state index contributed by atoms with van der Waals surface area (Å²) in [6.45, 7) is 14.7. The SMILES string of the molecule is C=C[C@@H](C)CC(=O)[C@]1(O)[C@@H](C)C[C@H](O)[C@H]2C(C)(C)CC[C@](O)(OC(=O)NOC(=O)N3CCN(C)CC3)[C@@]21C. The molecule has 0 aromatic carbocycles. The van der Waals surface area contributed by atoms with Crippen LogP contribution in [0, 0.1) is 28.6 Å². The normalized spacial score (nSPS) is 37.9. The Morgan fingerprint density at radius 3 is 2.32 bits per heavy atom. The van der Waals surface area contributed by atoms with Crippen LogP contribution in [0.4, 0.5) is 9.59 Å². The first-order chi connectivity index (χ1) is 17.5. The third-order valence-corrected chi connectivity index (χ3v) is 9.45. The van der Waals surface area contributed by atoms with E-state index in [9.17, 15) is 29.7 Å². The van der Waals surface area contributed by atoms with E-state index in [1.165, 1.54) is 11.8 Å². The summed E-state index contributed by atoms with van der Waals surface area (Å²) in [5.74, 6) is -4.65. The number of carbonyl (C=O) groups is 3. The number of hydroxylamine groups is 1. The Balaban J connectivity index is 1.90. The molecule has 1 aliphatic heterocycles. The minimum atomic E-state index is -2.35. The number of fused-ring (bicyclic) bond motifs is 1. The maximum absolute atomic E-state index is 13.7. The van der Waals surface area contributed by atoms with E-state index in [1.54, 1.807) is 19.9 Å². The standard InChI is InChI=1S/C27H45N3O8/c1-8-17(2)15-20(32)27(36)18(3)16-19(31)21-24(4,5)9-10-26(35,25(21,27)6)37-22(33)28-38-23(34)30-13-11-29(7)12-14-30/h8,17-19,21,31,35-36H,1,9-16H2,2-7H3,(H,28,33)/t17-,18+,19+,21+,25-,26+,27-/m1/s1. The molecule has 2 amide bonds. The lowest BCUT2D eigenvalue weighted by Gasteiger charge is -2.67. The van der Waals surface area contributed by atoms with E-state index < -0.39 is 58.1 Å². The number of ketones is 1. The number of Topliss-reactive ketones (excluding diaryl/α,β-unsaturated/α-hetero) is 1. The Hall–Kier alpha value is -2.21. The number of ether oxygens (including phenoxy) is 1. The van der Waals surface area contributed by atoms with Gasteiger partial charge in [-0.25, -0.2) is 9.59 Å². The Morgan fingerprint density at radius 1 is 1.13 bits per heavy atom. The average Bonchev–Trinajstić information content (AvgIpc) is 2.84. The minimum absolute atomic E-state index is 0.0336. The maximum Gasteiger partial charge on any atom is 0.443 e. The molecule has 0 aromatic heterocycles. The molecule has 3 rings (SSSR count). The van der Waals surface area contributed by atoms with E-state index in [0.717, 1.165) is 0 Å². The summed E-state index contributed by atoms with van der Waals surface area (Å²) >= 11 is 0. The van der Waals surface area contributed by atoms with Crippen molar-refractivity contribution in [1.82, 2.24) is 15.3 Å². The summed E-state index contributed by atoms with van der Waals surface area (Å²) in [5, 5.41) is 35.5. The number of likely N-dealkylation sites (N-methyl/N-ethyl adjacent to an activating group) is 1. The molecule has 0 bridgehead atoms. The summed E-state index contributed by atoms with van der Waals surface area (Å²) in [6, 6.07) is 0. The molecule has 4 N–H and O–H groups in total. The fourth-order valence-corrected chi connectivity index (χ4v) is 7.12. The Morgan fingerprint density at radius 2 is 1.74 bits per heavy atom. The molecule has 0 radical (unpaired) electrons. The quantitative estimate of drug-likeness (QED) is 0.234. The van der Waals surface area contributed by atoms with Crippen molar-refractivity contribution in [2.45, 2.75) is 77.8 Å². The molecule has 11 nitrogen and oxygen atoms in total. The number of nitrogens with zero attached hydrogens (tertiary/aromatic N) is 2. The number of hydrogen-bond donors (Lipinski definition) is 4. The summed E-state index contributed by atoms with van der Waals surface area (Å²) in [7, 11) is 1.94. The Kier molecular flexibility index (Phi) is 8.58. The molecule has 0 unspecified atom stereocenters. The van der Waals surface area contributed by atoms with Crippen molar-refractivity contribution in [3.05, 3.63) is 12.7 Å². The van der Waals surface area contributed by atoms with Crippen LogP contribution in [0.2, 0.25) is 0 Å². The Bertz CT molecular complexity index is 935. The lowest BCUT2D eigenvalue weighted by molar-refractivity contribution is -0.362. The predicted molar refractivity (Wildman–Crippen MR) is 138 cm³/mol. The van der Waals surface area contributed by atoms with Gasteiger partial charge in [0.25, 0.3) is 0 Å². The van der Waals surface area contributed by atoms with Crippen molar-refractivity contribution in [2.75, 3.05) is 33.2 Å². The monoisotopic (exact) mass is 539 g/mol. The van der Waals surface area contributed by atoms with Gasteiger partial charge in [0.1, 0.15) is 5.60 Å². The summed E-state index contributed by atoms with van der Waals surface area (Å²) in [6.07, 6.45) is -1.01. The van der Waals surface area contributed by atoms with Crippen molar-refractivity contribution >= 4 is 18.0 Å². The lowest BCUT2D eigenvalue weighted by atomic mass is 9.41. The third kappa shape index (κ3) is 5.05. The third-order valence-electron chi connectivity index (χ3n) is 9.45. The van der Waals surface area contributed by atoms with Crippen molar-refractivity contribution in [2.24, 2.45) is 28.6 Å². The van der Waals surface area contributed by atoms with Gasteiger partial charge >= 0.3 is 12.2 Å². The number of hydrogen-bond acceptors (Lipinski definition) is 9. The molecule has 7 atom stereocenters. The highest BCUT2D eigenvalue weighted by molar-refractivity contribution is 5.89. The average molecular weight is 540 g/mol. The molecular formula is C27H45N3O8. The number of nitrogens with one attached hydrogen (secondary N) is 1. The fourth-order valence-electron chi connectivity index (χ4n) is 7.12. The van der Waals surface area contributed by atoms with Crippen LogP contribution in [0.3, 0.4) is 0 Å². The molecule has 2 saturated carbocycles. The largest absolute Gasteiger partial charge is 0.443 e. The number of rotatable bonds is 5. The zero-order valence-corrected chi connectivity index (χ0v) is 23.5. The molecule has 1 heterocycles. The second-order valence-corrected chi connectivity index (χ2v) is 12.4. The van der Waals surface area contributed by atoms with Gasteiger partial charge in [-0.2, -0.15) is 0 Å². The first-order valence-corrected chi connectivity index (χ1v) is 13.5. The van der Waals surface area contributed by atoms with E-state index in [4.69, 9.17) is 9.57 Å². The van der Waals surface area contributed by atoms with Crippen LogP contribution < -0.4 is 5.48 Å². The van der Waals surface area contributed by atoms with Gasteiger partial charge in [0.05, 0.1) is 11.5 Å². The number of aliphatic hydroxyl groups excluding tert-OH is 1. The fraction of sp³-hybridized carbons (Fsp3) is 0.815. The number of piperazine rings is 1. The van der Waals surface area contributed by atoms with Crippen molar-refractivity contribution in [3.63, 3.8) is 0 Å². The molecule has 216 valence electrons. The van der Waals surface area contributed by atoms with Gasteiger partial charge < -0.3 is 34.7 Å². The van der Waals surface area contributed by atoms with Gasteiger partial charge in [0.15, 0.2) is 5.78 Å². The van der Waals surface area contributed by atoms with Gasteiger partial charge in [-0.1, -0.05) is 33.8 Å². The highest BCUT2D eigenvalue weighted by Gasteiger charge is 2.76. The highest BCUT2D eigenvalue weighted by atomic mass is 16.8. The molecule has 3 fully saturated rings. The number of carbonyl (C=O) groups excluding carboxylic acids is 3.